The van der Waals surface area contributed by atoms with Crippen LogP contribution >= 0.6 is 0 Å². The van der Waals surface area contributed by atoms with E-state index < -0.39 is 0 Å². The van der Waals surface area contributed by atoms with Crippen molar-refractivity contribution in [2.24, 2.45) is 0 Å². The molecule has 1 amide bonds. The monoisotopic (exact) mass is 390 g/mol. The molecule has 0 bridgehead atoms. The number of piperazine rings is 1. The summed E-state index contributed by atoms with van der Waals surface area (Å²) in [6.07, 6.45) is 1.02. The summed E-state index contributed by atoms with van der Waals surface area (Å²) in [5.74, 6) is -0.0445. The Morgan fingerprint density at radius 1 is 0.931 bits per heavy atom. The quantitative estimate of drug-likeness (QED) is 0.669. The van der Waals surface area contributed by atoms with Crippen LogP contribution in [0.4, 0.5) is 0 Å². The Balaban J connectivity index is 1.35. The summed E-state index contributed by atoms with van der Waals surface area (Å²) >= 11 is 0. The van der Waals surface area contributed by atoms with Crippen molar-refractivity contribution in [1.82, 2.24) is 19.6 Å². The molecule has 0 aliphatic carbocycles. The van der Waals surface area contributed by atoms with Crippen molar-refractivity contribution in [2.45, 2.75) is 19.9 Å². The van der Waals surface area contributed by atoms with Gasteiger partial charge < -0.3 is 4.90 Å². The van der Waals surface area contributed by atoms with Gasteiger partial charge in [0.15, 0.2) is 0 Å². The number of fused-ring (bicyclic) bond motifs is 1. The van der Waals surface area contributed by atoms with Crippen molar-refractivity contribution in [3.63, 3.8) is 0 Å². The van der Waals surface area contributed by atoms with Crippen molar-refractivity contribution >= 4 is 16.7 Å². The molecule has 0 atom stereocenters. The summed E-state index contributed by atoms with van der Waals surface area (Å²) in [6, 6.07) is 17.9. The fourth-order valence-electron chi connectivity index (χ4n) is 3.89. The molecule has 6 nitrogen and oxygen atoms in total. The number of carbonyl (C=O) groups is 1. The zero-order valence-electron chi connectivity index (χ0n) is 16.8. The number of rotatable bonds is 5. The average Bonchev–Trinajstić information content (AvgIpc) is 2.77. The summed E-state index contributed by atoms with van der Waals surface area (Å²) in [5.41, 5.74) is 1.89. The van der Waals surface area contributed by atoms with Crippen LogP contribution in [-0.4, -0.2) is 58.2 Å². The molecule has 1 aliphatic heterocycles. The maximum absolute atomic E-state index is 12.8. The van der Waals surface area contributed by atoms with E-state index in [0.29, 0.717) is 18.5 Å². The van der Waals surface area contributed by atoms with Crippen molar-refractivity contribution < 1.29 is 4.79 Å². The number of carbonyl (C=O) groups excluding carboxylic acids is 1. The van der Waals surface area contributed by atoms with Gasteiger partial charge in [-0.25, -0.2) is 4.68 Å². The molecule has 2 aromatic carbocycles. The average molecular weight is 390 g/mol. The van der Waals surface area contributed by atoms with Crippen LogP contribution in [0.1, 0.15) is 11.3 Å². The molecule has 6 heteroatoms. The molecular formula is C23H26N4O2. The highest BCUT2D eigenvalue weighted by Gasteiger charge is 2.22. The van der Waals surface area contributed by atoms with Crippen LogP contribution in [0.15, 0.2) is 59.4 Å². The number of amides is 1. The SMILES string of the molecule is Cc1nn(CC(=O)N2CCN(CCc3ccccc3)CC2)c(=O)c2ccccc12. The Labute approximate surface area is 170 Å². The molecule has 3 aromatic rings. The molecule has 0 spiro atoms. The summed E-state index contributed by atoms with van der Waals surface area (Å²) in [5, 5.41) is 5.81. The topological polar surface area (TPSA) is 58.4 Å². The largest absolute Gasteiger partial charge is 0.339 e. The van der Waals surface area contributed by atoms with E-state index in [4.69, 9.17) is 0 Å². The third-order valence-electron chi connectivity index (χ3n) is 5.62. The summed E-state index contributed by atoms with van der Waals surface area (Å²) in [4.78, 5) is 29.7. The van der Waals surface area contributed by atoms with Gasteiger partial charge in [-0.1, -0.05) is 48.5 Å². The van der Waals surface area contributed by atoms with Gasteiger partial charge in [-0.15, -0.1) is 0 Å². The smallest absolute Gasteiger partial charge is 0.275 e. The predicted molar refractivity (Wildman–Crippen MR) is 114 cm³/mol. The van der Waals surface area contributed by atoms with Gasteiger partial charge in [0.2, 0.25) is 5.91 Å². The van der Waals surface area contributed by atoms with Crippen LogP contribution in [0, 0.1) is 6.92 Å². The molecule has 2 heterocycles. The maximum Gasteiger partial charge on any atom is 0.275 e. The molecule has 150 valence electrons. The van der Waals surface area contributed by atoms with E-state index in [2.05, 4.69) is 34.3 Å². The Morgan fingerprint density at radius 3 is 2.31 bits per heavy atom. The number of aryl methyl sites for hydroxylation is 1. The van der Waals surface area contributed by atoms with Crippen LogP contribution in [0.25, 0.3) is 10.8 Å². The standard InChI is InChI=1S/C23H26N4O2/c1-18-20-9-5-6-10-21(20)23(29)27(24-18)17-22(28)26-15-13-25(14-16-26)12-11-19-7-3-2-4-8-19/h2-10H,11-17H2,1H3. The molecule has 0 radical (unpaired) electrons. The lowest BCUT2D eigenvalue weighted by atomic mass is 10.1. The second kappa shape index (κ2) is 8.57. The minimum atomic E-state index is -0.207. The lowest BCUT2D eigenvalue weighted by Gasteiger charge is -2.34. The van der Waals surface area contributed by atoms with E-state index in [9.17, 15) is 9.59 Å². The number of aromatic nitrogens is 2. The van der Waals surface area contributed by atoms with Gasteiger partial charge >= 0.3 is 0 Å². The molecule has 0 unspecified atom stereocenters. The predicted octanol–water partition coefficient (Wildman–Crippen LogP) is 2.09. The highest BCUT2D eigenvalue weighted by atomic mass is 16.2. The van der Waals surface area contributed by atoms with Gasteiger partial charge in [-0.2, -0.15) is 5.10 Å². The number of nitrogens with zero attached hydrogens (tertiary/aromatic N) is 4. The fraction of sp³-hybridized carbons (Fsp3) is 0.348. The van der Waals surface area contributed by atoms with E-state index in [1.165, 1.54) is 10.2 Å². The van der Waals surface area contributed by atoms with Gasteiger partial charge in [0.25, 0.3) is 5.56 Å². The molecule has 0 N–H and O–H groups in total. The zero-order valence-corrected chi connectivity index (χ0v) is 16.8. The van der Waals surface area contributed by atoms with Crippen molar-refractivity contribution in [3.05, 3.63) is 76.2 Å². The molecule has 4 rings (SSSR count). The fourth-order valence-corrected chi connectivity index (χ4v) is 3.89. The van der Waals surface area contributed by atoms with Crippen molar-refractivity contribution in [1.29, 1.82) is 0 Å². The van der Waals surface area contributed by atoms with E-state index in [0.717, 1.165) is 37.1 Å². The lowest BCUT2D eigenvalue weighted by molar-refractivity contribution is -0.133. The van der Waals surface area contributed by atoms with Crippen LogP contribution in [0.3, 0.4) is 0 Å². The third kappa shape index (κ3) is 4.38. The maximum atomic E-state index is 12.8. The molecule has 1 aliphatic rings. The van der Waals surface area contributed by atoms with Crippen molar-refractivity contribution in [3.8, 4) is 0 Å². The molecule has 1 aromatic heterocycles. The van der Waals surface area contributed by atoms with E-state index >= 15 is 0 Å². The first-order valence-electron chi connectivity index (χ1n) is 10.1. The molecule has 0 saturated carbocycles. The minimum absolute atomic E-state index is 0.00543. The first-order chi connectivity index (χ1) is 14.1. The van der Waals surface area contributed by atoms with Gasteiger partial charge in [-0.05, 0) is 25.0 Å². The van der Waals surface area contributed by atoms with Crippen LogP contribution in [0.5, 0.6) is 0 Å². The molecule has 29 heavy (non-hydrogen) atoms. The molecule has 1 fully saturated rings. The number of benzene rings is 2. The number of hydrogen-bond donors (Lipinski definition) is 0. The molecule has 1 saturated heterocycles. The second-order valence-electron chi connectivity index (χ2n) is 7.55. The van der Waals surface area contributed by atoms with E-state index in [-0.39, 0.29) is 18.0 Å². The normalized spacial score (nSPS) is 15.0. The highest BCUT2D eigenvalue weighted by Crippen LogP contribution is 2.12. The Bertz CT molecular complexity index is 1050. The Kier molecular flexibility index (Phi) is 5.71. The number of hydrogen-bond acceptors (Lipinski definition) is 4. The highest BCUT2D eigenvalue weighted by molar-refractivity contribution is 5.83. The minimum Gasteiger partial charge on any atom is -0.339 e. The van der Waals surface area contributed by atoms with E-state index in [1.54, 1.807) is 6.07 Å². The van der Waals surface area contributed by atoms with Gasteiger partial charge in [-0.3, -0.25) is 14.5 Å². The third-order valence-corrected chi connectivity index (χ3v) is 5.62. The summed E-state index contributed by atoms with van der Waals surface area (Å²) in [6.45, 7) is 5.96. The first-order valence-corrected chi connectivity index (χ1v) is 10.1. The van der Waals surface area contributed by atoms with Crippen LogP contribution in [-0.2, 0) is 17.8 Å². The van der Waals surface area contributed by atoms with Gasteiger partial charge in [0.05, 0.1) is 11.1 Å². The Hall–Kier alpha value is -2.99. The Morgan fingerprint density at radius 2 is 1.59 bits per heavy atom. The van der Waals surface area contributed by atoms with E-state index in [1.807, 2.05) is 36.1 Å². The first kappa shape index (κ1) is 19.3. The zero-order chi connectivity index (χ0) is 20.2. The van der Waals surface area contributed by atoms with Crippen LogP contribution < -0.4 is 5.56 Å². The van der Waals surface area contributed by atoms with Gasteiger partial charge in [0.1, 0.15) is 6.54 Å². The second-order valence-corrected chi connectivity index (χ2v) is 7.55. The van der Waals surface area contributed by atoms with Gasteiger partial charge in [0, 0.05) is 38.1 Å². The molecular weight excluding hydrogens is 364 g/mol. The lowest BCUT2D eigenvalue weighted by Crippen LogP contribution is -2.50. The van der Waals surface area contributed by atoms with Crippen molar-refractivity contribution in [2.75, 3.05) is 32.7 Å². The van der Waals surface area contributed by atoms with Crippen LogP contribution in [0.2, 0.25) is 0 Å². The summed E-state index contributed by atoms with van der Waals surface area (Å²) < 4.78 is 1.31. The summed E-state index contributed by atoms with van der Waals surface area (Å²) in [7, 11) is 0.